The van der Waals surface area contributed by atoms with Crippen LogP contribution < -0.4 is 5.32 Å². The molecule has 0 unspecified atom stereocenters. The molecule has 0 aliphatic rings. The summed E-state index contributed by atoms with van der Waals surface area (Å²) in [4.78, 5) is 10.7. The molecule has 20 heavy (non-hydrogen) atoms. The van der Waals surface area contributed by atoms with Crippen molar-refractivity contribution in [2.24, 2.45) is 0 Å². The topological polar surface area (TPSA) is 46.9 Å². The number of benzene rings is 1. The Morgan fingerprint density at radius 2 is 1.95 bits per heavy atom. The Morgan fingerprint density at radius 1 is 1.25 bits per heavy atom. The van der Waals surface area contributed by atoms with E-state index in [1.54, 1.807) is 5.32 Å². The van der Waals surface area contributed by atoms with Crippen molar-refractivity contribution >= 4 is 11.6 Å². The van der Waals surface area contributed by atoms with Crippen LogP contribution in [0.25, 0.3) is 0 Å². The first-order chi connectivity index (χ1) is 9.45. The molecule has 0 atom stereocenters. The van der Waals surface area contributed by atoms with Crippen LogP contribution in [-0.4, -0.2) is 21.9 Å². The van der Waals surface area contributed by atoms with Crippen LogP contribution >= 0.6 is 0 Å². The van der Waals surface area contributed by atoms with E-state index in [0.717, 1.165) is 5.56 Å². The largest absolute Gasteiger partial charge is 0.471 e. The monoisotopic (exact) mass is 283 g/mol. The number of nitrogens with one attached hydrogen (secondary N) is 1. The quantitative estimate of drug-likeness (QED) is 0.937. The van der Waals surface area contributed by atoms with Gasteiger partial charge in [0, 0.05) is 12.7 Å². The van der Waals surface area contributed by atoms with Crippen LogP contribution in [-0.2, 0) is 17.8 Å². The molecule has 1 aromatic carbocycles. The smallest absolute Gasteiger partial charge is 0.316 e. The van der Waals surface area contributed by atoms with Crippen LogP contribution in [0.15, 0.2) is 42.7 Å². The molecule has 2 aromatic rings. The molecule has 0 saturated carbocycles. The number of alkyl halides is 3. The number of aromatic nitrogens is 2. The Labute approximate surface area is 113 Å². The van der Waals surface area contributed by atoms with Crippen molar-refractivity contribution in [1.29, 1.82) is 0 Å². The maximum atomic E-state index is 12.1. The third-order valence-electron chi connectivity index (χ3n) is 2.62. The minimum atomic E-state index is -4.90. The number of carbonyl (C=O) groups excluding carboxylic acids is 1. The molecule has 0 radical (unpaired) electrons. The zero-order valence-electron chi connectivity index (χ0n) is 10.4. The fourth-order valence-corrected chi connectivity index (χ4v) is 1.64. The molecule has 1 aromatic heterocycles. The Balaban J connectivity index is 1.91. The van der Waals surface area contributed by atoms with Crippen molar-refractivity contribution in [3.05, 3.63) is 48.3 Å². The van der Waals surface area contributed by atoms with E-state index in [1.807, 2.05) is 30.3 Å². The lowest BCUT2D eigenvalue weighted by Gasteiger charge is -2.05. The van der Waals surface area contributed by atoms with Crippen molar-refractivity contribution < 1.29 is 18.0 Å². The fourth-order valence-electron chi connectivity index (χ4n) is 1.64. The normalized spacial score (nSPS) is 11.3. The molecule has 4 nitrogen and oxygen atoms in total. The lowest BCUT2D eigenvalue weighted by Crippen LogP contribution is -2.29. The first-order valence-corrected chi connectivity index (χ1v) is 5.90. The van der Waals surface area contributed by atoms with Gasteiger partial charge in [0.1, 0.15) is 0 Å². The molecule has 2 rings (SSSR count). The van der Waals surface area contributed by atoms with Gasteiger partial charge in [-0.15, -0.1) is 0 Å². The molecule has 1 heterocycles. The summed E-state index contributed by atoms with van der Waals surface area (Å²) in [6.07, 6.45) is -1.64. The minimum absolute atomic E-state index is 0.0281. The lowest BCUT2D eigenvalue weighted by molar-refractivity contribution is -0.167. The van der Waals surface area contributed by atoms with Crippen molar-refractivity contribution in [3.63, 3.8) is 0 Å². The highest BCUT2D eigenvalue weighted by Crippen LogP contribution is 2.17. The molecule has 0 bridgehead atoms. The van der Waals surface area contributed by atoms with Gasteiger partial charge in [-0.2, -0.15) is 18.3 Å². The van der Waals surface area contributed by atoms with E-state index in [1.165, 1.54) is 17.1 Å². The predicted octanol–water partition coefficient (Wildman–Crippen LogP) is 2.63. The summed E-state index contributed by atoms with van der Waals surface area (Å²) in [6, 6.07) is 9.63. The van der Waals surface area contributed by atoms with Crippen molar-refractivity contribution in [1.82, 2.24) is 9.78 Å². The number of aryl methyl sites for hydroxylation is 2. The van der Waals surface area contributed by atoms with Gasteiger partial charge in [0.2, 0.25) is 0 Å². The lowest BCUT2D eigenvalue weighted by atomic mass is 10.1. The summed E-state index contributed by atoms with van der Waals surface area (Å²) in [5.41, 5.74) is 1.13. The van der Waals surface area contributed by atoms with Gasteiger partial charge in [-0.25, -0.2) is 0 Å². The van der Waals surface area contributed by atoms with Crippen molar-refractivity contribution in [3.8, 4) is 0 Å². The predicted molar refractivity (Wildman–Crippen MR) is 67.1 cm³/mol. The molecule has 1 N–H and O–H groups in total. The SMILES string of the molecule is O=C(Nc1cnn(CCc2ccccc2)c1)C(F)(F)F. The molecular weight excluding hydrogens is 271 g/mol. The van der Waals surface area contributed by atoms with Gasteiger partial charge >= 0.3 is 12.1 Å². The van der Waals surface area contributed by atoms with Crippen LogP contribution in [0, 0.1) is 0 Å². The van der Waals surface area contributed by atoms with Crippen molar-refractivity contribution in [2.45, 2.75) is 19.1 Å². The third kappa shape index (κ3) is 3.84. The summed E-state index contributed by atoms with van der Waals surface area (Å²) < 4.78 is 37.7. The number of nitrogens with zero attached hydrogens (tertiary/aromatic N) is 2. The second-order valence-electron chi connectivity index (χ2n) is 4.18. The highest BCUT2D eigenvalue weighted by molar-refractivity contribution is 5.94. The number of hydrogen-bond acceptors (Lipinski definition) is 2. The van der Waals surface area contributed by atoms with Crippen LogP contribution in [0.2, 0.25) is 0 Å². The van der Waals surface area contributed by atoms with E-state index in [4.69, 9.17) is 0 Å². The van der Waals surface area contributed by atoms with Gasteiger partial charge in [-0.1, -0.05) is 30.3 Å². The Morgan fingerprint density at radius 3 is 2.60 bits per heavy atom. The molecular formula is C13H12F3N3O. The molecule has 0 fully saturated rings. The highest BCUT2D eigenvalue weighted by Gasteiger charge is 2.38. The zero-order valence-corrected chi connectivity index (χ0v) is 10.4. The first kappa shape index (κ1) is 14.1. The van der Waals surface area contributed by atoms with Crippen LogP contribution in [0.4, 0.5) is 18.9 Å². The average molecular weight is 283 g/mol. The second kappa shape index (κ2) is 5.77. The first-order valence-electron chi connectivity index (χ1n) is 5.90. The van der Waals surface area contributed by atoms with Gasteiger partial charge < -0.3 is 5.32 Å². The van der Waals surface area contributed by atoms with E-state index in [2.05, 4.69) is 5.10 Å². The van der Waals surface area contributed by atoms with E-state index in [0.29, 0.717) is 13.0 Å². The Bertz CT molecular complexity index is 578. The molecule has 7 heteroatoms. The summed E-state index contributed by atoms with van der Waals surface area (Å²) in [5, 5.41) is 5.65. The number of anilines is 1. The molecule has 1 amide bonds. The summed E-state index contributed by atoms with van der Waals surface area (Å²) in [5.74, 6) is -2.00. The Kier molecular flexibility index (Phi) is 4.07. The number of carbonyl (C=O) groups is 1. The summed E-state index contributed by atoms with van der Waals surface area (Å²) in [7, 11) is 0. The standard InChI is InChI=1S/C13H12F3N3O/c14-13(15,16)12(20)18-11-8-17-19(9-11)7-6-10-4-2-1-3-5-10/h1-5,8-9H,6-7H2,(H,18,20). The number of rotatable bonds is 4. The number of hydrogen-bond donors (Lipinski definition) is 1. The maximum absolute atomic E-state index is 12.1. The Hall–Kier alpha value is -2.31. The maximum Gasteiger partial charge on any atom is 0.471 e. The summed E-state index contributed by atoms with van der Waals surface area (Å²) in [6.45, 7) is 0.520. The van der Waals surface area contributed by atoms with E-state index in [9.17, 15) is 18.0 Å². The third-order valence-corrected chi connectivity index (χ3v) is 2.62. The van der Waals surface area contributed by atoms with E-state index < -0.39 is 12.1 Å². The average Bonchev–Trinajstić information content (AvgIpc) is 2.84. The van der Waals surface area contributed by atoms with Crippen molar-refractivity contribution in [2.75, 3.05) is 5.32 Å². The van der Waals surface area contributed by atoms with Gasteiger partial charge in [0.15, 0.2) is 0 Å². The van der Waals surface area contributed by atoms with Gasteiger partial charge in [-0.05, 0) is 12.0 Å². The van der Waals surface area contributed by atoms with E-state index >= 15 is 0 Å². The second-order valence-corrected chi connectivity index (χ2v) is 4.18. The van der Waals surface area contributed by atoms with Crippen LogP contribution in [0.1, 0.15) is 5.56 Å². The summed E-state index contributed by atoms with van der Waals surface area (Å²) >= 11 is 0. The van der Waals surface area contributed by atoms with Gasteiger partial charge in [-0.3, -0.25) is 9.48 Å². The molecule has 0 saturated heterocycles. The molecule has 0 aliphatic heterocycles. The zero-order chi connectivity index (χ0) is 14.6. The van der Waals surface area contributed by atoms with Crippen LogP contribution in [0.5, 0.6) is 0 Å². The highest BCUT2D eigenvalue weighted by atomic mass is 19.4. The minimum Gasteiger partial charge on any atom is -0.316 e. The fraction of sp³-hybridized carbons (Fsp3) is 0.231. The van der Waals surface area contributed by atoms with Crippen LogP contribution in [0.3, 0.4) is 0 Å². The van der Waals surface area contributed by atoms with Gasteiger partial charge in [0.25, 0.3) is 0 Å². The molecule has 0 aliphatic carbocycles. The van der Waals surface area contributed by atoms with E-state index in [-0.39, 0.29) is 5.69 Å². The number of halogens is 3. The molecule has 106 valence electrons. The van der Waals surface area contributed by atoms with Gasteiger partial charge in [0.05, 0.1) is 11.9 Å². The number of amides is 1. The molecule has 0 spiro atoms.